The molecule has 0 heterocycles. The highest BCUT2D eigenvalue weighted by Gasteiger charge is 1.94. The Morgan fingerprint density at radius 3 is 2.26 bits per heavy atom. The first kappa shape index (κ1) is 21.7. The fourth-order valence-corrected chi connectivity index (χ4v) is 1.93. The van der Waals surface area contributed by atoms with Crippen LogP contribution >= 0.6 is 0 Å². The highest BCUT2D eigenvalue weighted by Crippen LogP contribution is 2.14. The summed E-state index contributed by atoms with van der Waals surface area (Å²) in [5.74, 6) is 2.51. The van der Waals surface area contributed by atoms with Crippen molar-refractivity contribution >= 4 is 6.08 Å². The van der Waals surface area contributed by atoms with Gasteiger partial charge >= 0.3 is 0 Å². The molecular weight excluding hydrogens is 282 g/mol. The Morgan fingerprint density at radius 1 is 1.09 bits per heavy atom. The highest BCUT2D eigenvalue weighted by molar-refractivity contribution is 5.49. The lowest BCUT2D eigenvalue weighted by Gasteiger charge is -2.08. The van der Waals surface area contributed by atoms with Crippen molar-refractivity contribution in [1.29, 1.82) is 0 Å². The lowest BCUT2D eigenvalue weighted by molar-refractivity contribution is 0.306. The number of benzene rings is 1. The summed E-state index contributed by atoms with van der Waals surface area (Å²) in [4.78, 5) is 0. The summed E-state index contributed by atoms with van der Waals surface area (Å²) in [6.45, 7) is 18.0. The van der Waals surface area contributed by atoms with E-state index in [4.69, 9.17) is 4.74 Å². The molecule has 0 aliphatic rings. The third-order valence-corrected chi connectivity index (χ3v) is 3.22. The minimum absolute atomic E-state index is 0.781. The van der Waals surface area contributed by atoms with Gasteiger partial charge in [0, 0.05) is 0 Å². The Bertz CT molecular complexity index is 391. The van der Waals surface area contributed by atoms with Crippen LogP contribution in [0.15, 0.2) is 30.8 Å². The maximum Gasteiger partial charge on any atom is 0.119 e. The van der Waals surface area contributed by atoms with Crippen LogP contribution in [0, 0.1) is 11.8 Å². The van der Waals surface area contributed by atoms with E-state index in [-0.39, 0.29) is 0 Å². The van der Waals surface area contributed by atoms with Gasteiger partial charge in [-0.15, -0.1) is 0 Å². The molecule has 1 aromatic rings. The molecule has 2 heteroatoms. The van der Waals surface area contributed by atoms with E-state index in [2.05, 4.69) is 46.5 Å². The number of hydrogen-bond donors (Lipinski definition) is 1. The molecule has 0 radical (unpaired) electrons. The van der Waals surface area contributed by atoms with E-state index >= 15 is 0 Å². The first-order valence-electron chi connectivity index (χ1n) is 9.05. The lowest BCUT2D eigenvalue weighted by Crippen LogP contribution is -2.23. The zero-order valence-electron chi connectivity index (χ0n) is 15.9. The molecule has 0 fully saturated rings. The van der Waals surface area contributed by atoms with E-state index in [1.165, 1.54) is 12.8 Å². The predicted octanol–water partition coefficient (Wildman–Crippen LogP) is 5.79. The molecule has 0 aromatic heterocycles. The highest BCUT2D eigenvalue weighted by atomic mass is 16.5. The van der Waals surface area contributed by atoms with Crippen LogP contribution in [0.1, 0.15) is 59.4 Å². The Labute approximate surface area is 144 Å². The van der Waals surface area contributed by atoms with Crippen molar-refractivity contribution in [3.8, 4) is 5.75 Å². The Morgan fingerprint density at radius 2 is 1.74 bits per heavy atom. The molecule has 0 bridgehead atoms. The molecule has 0 aliphatic carbocycles. The SMILES string of the molecule is C=Cc1cccc(OCCCCC)c1.CC(C)CNCC(C)C. The third-order valence-electron chi connectivity index (χ3n) is 3.22. The molecule has 132 valence electrons. The molecule has 1 rings (SSSR count). The van der Waals surface area contributed by atoms with Crippen molar-refractivity contribution in [3.63, 3.8) is 0 Å². The molecule has 1 aromatic carbocycles. The fraction of sp³-hybridized carbons (Fsp3) is 0.619. The van der Waals surface area contributed by atoms with Gasteiger partial charge in [-0.3, -0.25) is 0 Å². The smallest absolute Gasteiger partial charge is 0.119 e. The molecule has 0 unspecified atom stereocenters. The van der Waals surface area contributed by atoms with Gasteiger partial charge in [0.05, 0.1) is 6.61 Å². The van der Waals surface area contributed by atoms with E-state index < -0.39 is 0 Å². The summed E-state index contributed by atoms with van der Waals surface area (Å²) in [6, 6.07) is 8.01. The normalized spacial score (nSPS) is 10.4. The number of ether oxygens (including phenoxy) is 1. The lowest BCUT2D eigenvalue weighted by atomic mass is 10.2. The van der Waals surface area contributed by atoms with E-state index in [1.54, 1.807) is 0 Å². The van der Waals surface area contributed by atoms with Crippen molar-refractivity contribution in [2.45, 2.75) is 53.9 Å². The van der Waals surface area contributed by atoms with E-state index in [0.717, 1.165) is 49.3 Å². The van der Waals surface area contributed by atoms with Crippen LogP contribution in [0.5, 0.6) is 5.75 Å². The van der Waals surface area contributed by atoms with Crippen LogP contribution in [0.4, 0.5) is 0 Å². The maximum absolute atomic E-state index is 5.60. The molecule has 0 aliphatic heterocycles. The Hall–Kier alpha value is -1.28. The number of nitrogens with one attached hydrogen (secondary N) is 1. The number of unbranched alkanes of at least 4 members (excludes halogenated alkanes) is 2. The summed E-state index contributed by atoms with van der Waals surface area (Å²) in [5.41, 5.74) is 1.11. The van der Waals surface area contributed by atoms with Crippen LogP contribution in [0.25, 0.3) is 6.08 Å². The second-order valence-electron chi connectivity index (χ2n) is 6.78. The van der Waals surface area contributed by atoms with Gasteiger partial charge in [-0.1, -0.05) is 72.2 Å². The van der Waals surface area contributed by atoms with Crippen LogP contribution in [0.2, 0.25) is 0 Å². The van der Waals surface area contributed by atoms with Crippen molar-refractivity contribution in [2.24, 2.45) is 11.8 Å². The maximum atomic E-state index is 5.60. The van der Waals surface area contributed by atoms with Gasteiger partial charge in [-0.2, -0.15) is 0 Å². The molecule has 0 saturated carbocycles. The minimum Gasteiger partial charge on any atom is -0.494 e. The van der Waals surface area contributed by atoms with Crippen molar-refractivity contribution in [2.75, 3.05) is 19.7 Å². The molecule has 0 spiro atoms. The zero-order valence-corrected chi connectivity index (χ0v) is 15.9. The average molecular weight is 320 g/mol. The van der Waals surface area contributed by atoms with E-state index in [1.807, 2.05) is 30.3 Å². The molecule has 23 heavy (non-hydrogen) atoms. The molecule has 1 N–H and O–H groups in total. The first-order chi connectivity index (χ1) is 11.0. The fourth-order valence-electron chi connectivity index (χ4n) is 1.93. The van der Waals surface area contributed by atoms with Crippen molar-refractivity contribution in [3.05, 3.63) is 36.4 Å². The van der Waals surface area contributed by atoms with E-state index in [9.17, 15) is 0 Å². The van der Waals surface area contributed by atoms with Crippen LogP contribution in [-0.4, -0.2) is 19.7 Å². The second kappa shape index (κ2) is 14.3. The second-order valence-corrected chi connectivity index (χ2v) is 6.78. The Kier molecular flexibility index (Phi) is 13.5. The minimum atomic E-state index is 0.781. The summed E-state index contributed by atoms with van der Waals surface area (Å²) in [7, 11) is 0. The largest absolute Gasteiger partial charge is 0.494 e. The van der Waals surface area contributed by atoms with Gasteiger partial charge < -0.3 is 10.1 Å². The summed E-state index contributed by atoms with van der Waals surface area (Å²) >= 11 is 0. The molecule has 0 atom stereocenters. The van der Waals surface area contributed by atoms with Gasteiger partial charge in [0.15, 0.2) is 0 Å². The van der Waals surface area contributed by atoms with Gasteiger partial charge in [0.1, 0.15) is 5.75 Å². The van der Waals surface area contributed by atoms with Crippen molar-refractivity contribution < 1.29 is 4.74 Å². The zero-order chi connectivity index (χ0) is 17.5. The molecule has 0 amide bonds. The molecule has 2 nitrogen and oxygen atoms in total. The van der Waals surface area contributed by atoms with Crippen LogP contribution in [0.3, 0.4) is 0 Å². The van der Waals surface area contributed by atoms with Gasteiger partial charge in [-0.25, -0.2) is 0 Å². The summed E-state index contributed by atoms with van der Waals surface area (Å²) < 4.78 is 5.60. The molecule has 0 saturated heterocycles. The van der Waals surface area contributed by atoms with Crippen LogP contribution < -0.4 is 10.1 Å². The standard InChI is InChI=1S/C13H18O.C8H19N/c1-3-5-6-10-14-13-9-7-8-12(4-2)11-13;1-7(2)5-9-6-8(3)4/h4,7-9,11H,2-3,5-6,10H2,1H3;7-9H,5-6H2,1-4H3. The summed E-state index contributed by atoms with van der Waals surface area (Å²) in [6.07, 6.45) is 5.44. The monoisotopic (exact) mass is 319 g/mol. The third kappa shape index (κ3) is 14.1. The average Bonchev–Trinajstić information content (AvgIpc) is 2.52. The van der Waals surface area contributed by atoms with Gasteiger partial charge in [0.25, 0.3) is 0 Å². The first-order valence-corrected chi connectivity index (χ1v) is 9.05. The van der Waals surface area contributed by atoms with Crippen LogP contribution in [-0.2, 0) is 0 Å². The van der Waals surface area contributed by atoms with Gasteiger partial charge in [-0.05, 0) is 49.0 Å². The number of hydrogen-bond acceptors (Lipinski definition) is 2. The van der Waals surface area contributed by atoms with Crippen molar-refractivity contribution in [1.82, 2.24) is 5.32 Å². The predicted molar refractivity (Wildman–Crippen MR) is 104 cm³/mol. The van der Waals surface area contributed by atoms with E-state index in [0.29, 0.717) is 0 Å². The summed E-state index contributed by atoms with van der Waals surface area (Å²) in [5, 5.41) is 3.38. The number of rotatable bonds is 10. The topological polar surface area (TPSA) is 21.3 Å². The van der Waals surface area contributed by atoms with Gasteiger partial charge in [0.2, 0.25) is 0 Å². The Balaban J connectivity index is 0.000000468. The quantitative estimate of drug-likeness (QED) is 0.551. The molecular formula is C21H37NO.